The molecule has 2 N–H and O–H groups in total. The summed E-state index contributed by atoms with van der Waals surface area (Å²) in [4.78, 5) is 22.2. The summed E-state index contributed by atoms with van der Waals surface area (Å²) in [6.45, 7) is 0. The van der Waals surface area contributed by atoms with Crippen LogP contribution in [0.1, 0.15) is 12.0 Å². The first-order chi connectivity index (χ1) is 10.5. The Labute approximate surface area is 139 Å². The number of amidine groups is 1. The fourth-order valence-electron chi connectivity index (χ4n) is 1.69. The van der Waals surface area contributed by atoms with E-state index in [1.54, 1.807) is 13.2 Å². The lowest BCUT2D eigenvalue weighted by molar-refractivity contribution is -0.138. The molecule has 0 spiro atoms. The Hall–Kier alpha value is -1.87. The van der Waals surface area contributed by atoms with Crippen molar-refractivity contribution in [2.24, 2.45) is 10.2 Å². The smallest absolute Gasteiger partial charge is 0.305 e. The maximum Gasteiger partial charge on any atom is 0.305 e. The number of rotatable bonds is 5. The lowest BCUT2D eigenvalue weighted by Crippen LogP contribution is -2.26. The summed E-state index contributed by atoms with van der Waals surface area (Å²) in [5.74, 6) is -0.767. The van der Waals surface area contributed by atoms with Crippen molar-refractivity contribution in [1.29, 1.82) is 0 Å². The van der Waals surface area contributed by atoms with Crippen LogP contribution in [-0.2, 0) is 9.59 Å². The lowest BCUT2D eigenvalue weighted by atomic mass is 10.2. The van der Waals surface area contributed by atoms with Crippen LogP contribution >= 0.6 is 27.7 Å². The number of benzene rings is 1. The van der Waals surface area contributed by atoms with Crippen molar-refractivity contribution in [1.82, 2.24) is 5.32 Å². The summed E-state index contributed by atoms with van der Waals surface area (Å²) in [5.41, 5.74) is 0.720. The molecule has 1 aromatic carbocycles. The van der Waals surface area contributed by atoms with Gasteiger partial charge in [0, 0.05) is 10.0 Å². The second kappa shape index (κ2) is 7.41. The summed E-state index contributed by atoms with van der Waals surface area (Å²) in [6, 6.07) is 5.44. The van der Waals surface area contributed by atoms with Gasteiger partial charge in [0.25, 0.3) is 0 Å². The first-order valence-corrected chi connectivity index (χ1v) is 7.80. The Bertz CT molecular complexity index is 663. The van der Waals surface area contributed by atoms with Gasteiger partial charge in [0.2, 0.25) is 5.91 Å². The van der Waals surface area contributed by atoms with Gasteiger partial charge in [0.15, 0.2) is 5.17 Å². The highest BCUT2D eigenvalue weighted by Crippen LogP contribution is 2.23. The average Bonchev–Trinajstić information content (AvgIpc) is 2.78. The van der Waals surface area contributed by atoms with Gasteiger partial charge in [0.05, 0.1) is 19.7 Å². The van der Waals surface area contributed by atoms with Crippen LogP contribution in [0.3, 0.4) is 0 Å². The second-order valence-electron chi connectivity index (χ2n) is 4.23. The zero-order valence-corrected chi connectivity index (χ0v) is 13.8. The van der Waals surface area contributed by atoms with Crippen molar-refractivity contribution >= 4 is 51.0 Å². The molecule has 0 aromatic heterocycles. The highest BCUT2D eigenvalue weighted by atomic mass is 79.9. The summed E-state index contributed by atoms with van der Waals surface area (Å²) < 4.78 is 6.07. The fraction of sp³-hybridized carbons (Fsp3) is 0.231. The van der Waals surface area contributed by atoms with E-state index in [1.807, 2.05) is 12.1 Å². The average molecular weight is 386 g/mol. The number of carboxylic acid groups (broad SMARTS) is 1. The number of thioether (sulfide) groups is 1. The number of carboxylic acids is 1. The molecule has 1 amide bonds. The Balaban J connectivity index is 2.07. The van der Waals surface area contributed by atoms with Crippen molar-refractivity contribution in [2.45, 2.75) is 11.7 Å². The first kappa shape index (κ1) is 16.5. The van der Waals surface area contributed by atoms with E-state index in [4.69, 9.17) is 9.84 Å². The number of amides is 1. The van der Waals surface area contributed by atoms with Crippen LogP contribution in [0.4, 0.5) is 0 Å². The molecule has 7 nitrogen and oxygen atoms in total. The van der Waals surface area contributed by atoms with Crippen molar-refractivity contribution in [3.05, 3.63) is 28.2 Å². The molecule has 1 aliphatic rings. The quantitative estimate of drug-likeness (QED) is 0.594. The van der Waals surface area contributed by atoms with Crippen LogP contribution in [0, 0.1) is 0 Å². The number of carbonyl (C=O) groups is 2. The van der Waals surface area contributed by atoms with Gasteiger partial charge >= 0.3 is 5.97 Å². The lowest BCUT2D eigenvalue weighted by Gasteiger charge is -2.03. The Morgan fingerprint density at radius 2 is 2.36 bits per heavy atom. The van der Waals surface area contributed by atoms with Gasteiger partial charge in [-0.25, -0.2) is 0 Å². The van der Waals surface area contributed by atoms with Gasteiger partial charge in [-0.15, -0.1) is 5.10 Å². The monoisotopic (exact) mass is 385 g/mol. The minimum absolute atomic E-state index is 0.251. The summed E-state index contributed by atoms with van der Waals surface area (Å²) in [7, 11) is 1.55. The largest absolute Gasteiger partial charge is 0.496 e. The molecule has 0 radical (unpaired) electrons. The van der Waals surface area contributed by atoms with Gasteiger partial charge in [-0.3, -0.25) is 9.59 Å². The Morgan fingerprint density at radius 3 is 3.05 bits per heavy atom. The molecule has 1 saturated heterocycles. The third-order valence-corrected chi connectivity index (χ3v) is 4.24. The number of aliphatic carboxylic acids is 1. The van der Waals surface area contributed by atoms with Crippen molar-refractivity contribution in [3.8, 4) is 5.75 Å². The summed E-state index contributed by atoms with van der Waals surface area (Å²) >= 11 is 4.40. The van der Waals surface area contributed by atoms with Crippen LogP contribution in [0.2, 0.25) is 0 Å². The van der Waals surface area contributed by atoms with Gasteiger partial charge < -0.3 is 15.2 Å². The Kier molecular flexibility index (Phi) is 5.56. The van der Waals surface area contributed by atoms with Crippen molar-refractivity contribution in [3.63, 3.8) is 0 Å². The van der Waals surface area contributed by atoms with Crippen LogP contribution in [-0.4, -0.2) is 40.7 Å². The van der Waals surface area contributed by atoms with Crippen LogP contribution in [0.25, 0.3) is 0 Å². The van der Waals surface area contributed by atoms with Crippen LogP contribution in [0.5, 0.6) is 5.75 Å². The number of nitrogens with zero attached hydrogens (tertiary/aromatic N) is 2. The standard InChI is InChI=1S/C13H12BrN3O4S/c1-21-9-3-2-8(14)4-7(9)6-15-17-13-16-12(20)10(22-13)5-11(18)19/h2-4,6,10H,5H2,1H3,(H,18,19)(H,16,17,20). The van der Waals surface area contributed by atoms with Gasteiger partial charge in [-0.05, 0) is 18.2 Å². The van der Waals surface area contributed by atoms with Crippen LogP contribution < -0.4 is 10.1 Å². The van der Waals surface area contributed by atoms with E-state index >= 15 is 0 Å². The molecule has 116 valence electrons. The van der Waals surface area contributed by atoms with E-state index in [2.05, 4.69) is 31.4 Å². The zero-order valence-electron chi connectivity index (χ0n) is 11.4. The van der Waals surface area contributed by atoms with Crippen LogP contribution in [0.15, 0.2) is 32.9 Å². The molecular formula is C13H12BrN3O4S. The topological polar surface area (TPSA) is 100 Å². The maximum absolute atomic E-state index is 11.5. The van der Waals surface area contributed by atoms with E-state index in [9.17, 15) is 9.59 Å². The molecule has 1 unspecified atom stereocenters. The number of carbonyl (C=O) groups excluding carboxylic acids is 1. The molecular weight excluding hydrogens is 374 g/mol. The molecule has 0 bridgehead atoms. The predicted octanol–water partition coefficient (Wildman–Crippen LogP) is 1.85. The summed E-state index contributed by atoms with van der Waals surface area (Å²) in [6.07, 6.45) is 1.24. The Morgan fingerprint density at radius 1 is 1.59 bits per heavy atom. The number of halogens is 1. The number of ether oxygens (including phenoxy) is 1. The number of hydrogen-bond donors (Lipinski definition) is 2. The molecule has 1 aliphatic heterocycles. The third-order valence-electron chi connectivity index (χ3n) is 2.67. The number of nitrogens with one attached hydrogen (secondary N) is 1. The van der Waals surface area contributed by atoms with Gasteiger partial charge in [-0.1, -0.05) is 27.7 Å². The van der Waals surface area contributed by atoms with Crippen molar-refractivity contribution in [2.75, 3.05) is 7.11 Å². The minimum atomic E-state index is -1.03. The molecule has 0 aliphatic carbocycles. The molecule has 1 aromatic rings. The number of methoxy groups -OCH3 is 1. The molecule has 0 saturated carbocycles. The van der Waals surface area contributed by atoms with E-state index in [0.717, 1.165) is 21.8 Å². The molecule has 9 heteroatoms. The van der Waals surface area contributed by atoms with Crippen molar-refractivity contribution < 1.29 is 19.4 Å². The van der Waals surface area contributed by atoms with E-state index in [1.165, 1.54) is 6.21 Å². The fourth-order valence-corrected chi connectivity index (χ4v) is 2.99. The first-order valence-electron chi connectivity index (χ1n) is 6.13. The van der Waals surface area contributed by atoms with E-state index in [0.29, 0.717) is 5.75 Å². The predicted molar refractivity (Wildman–Crippen MR) is 87.5 cm³/mol. The normalized spacial score (nSPS) is 19.6. The SMILES string of the molecule is COc1ccc(Br)cc1C=N/N=C1\NC(=O)C(CC(=O)O)S1. The van der Waals surface area contributed by atoms with Gasteiger partial charge in [-0.2, -0.15) is 5.10 Å². The molecule has 22 heavy (non-hydrogen) atoms. The van der Waals surface area contributed by atoms with E-state index in [-0.39, 0.29) is 17.5 Å². The minimum Gasteiger partial charge on any atom is -0.496 e. The summed E-state index contributed by atoms with van der Waals surface area (Å²) in [5, 5.41) is 18.6. The molecule has 1 fully saturated rings. The highest BCUT2D eigenvalue weighted by Gasteiger charge is 2.32. The molecule has 1 atom stereocenters. The van der Waals surface area contributed by atoms with E-state index < -0.39 is 11.2 Å². The molecule has 1 heterocycles. The second-order valence-corrected chi connectivity index (χ2v) is 6.34. The van der Waals surface area contributed by atoms with Gasteiger partial charge in [0.1, 0.15) is 11.0 Å². The number of hydrogen-bond acceptors (Lipinski definition) is 6. The highest BCUT2D eigenvalue weighted by molar-refractivity contribution is 9.10. The zero-order chi connectivity index (χ0) is 16.1. The molecule has 2 rings (SSSR count). The third kappa shape index (κ3) is 4.31. The maximum atomic E-state index is 11.5.